The number of hydrogen-bond donors (Lipinski definition) is 1. The van der Waals surface area contributed by atoms with Gasteiger partial charge in [-0.3, -0.25) is 0 Å². The molecule has 0 aliphatic carbocycles. The van der Waals surface area contributed by atoms with E-state index in [1.54, 1.807) is 6.20 Å². The maximum absolute atomic E-state index is 3.62. The second-order valence-electron chi connectivity index (χ2n) is 1.91. The Labute approximate surface area is 51.2 Å². The Bertz CT molecular complexity index is 68.9. The van der Waals surface area contributed by atoms with Crippen molar-refractivity contribution in [3.8, 4) is 0 Å². The van der Waals surface area contributed by atoms with Gasteiger partial charge in [0.2, 0.25) is 0 Å². The molecule has 0 aromatic heterocycles. The second kappa shape index (κ2) is 3.50. The molecule has 0 saturated carbocycles. The second-order valence-corrected chi connectivity index (χ2v) is 1.91. The molecule has 0 aliphatic heterocycles. The lowest BCUT2D eigenvalue weighted by Gasteiger charge is -2.22. The Kier molecular flexibility index (Phi) is 3.28. The van der Waals surface area contributed by atoms with Gasteiger partial charge in [-0.15, -0.1) is 0 Å². The van der Waals surface area contributed by atoms with E-state index in [2.05, 4.69) is 25.9 Å². The quantitative estimate of drug-likeness (QED) is 0.550. The first-order valence-corrected chi connectivity index (χ1v) is 2.80. The smallest absolute Gasteiger partial charge is 0.0391 e. The fourth-order valence-electron chi connectivity index (χ4n) is 0.560. The topological polar surface area (TPSA) is 15.3 Å². The van der Waals surface area contributed by atoms with Crippen molar-refractivity contribution in [3.05, 3.63) is 12.8 Å². The van der Waals surface area contributed by atoms with Crippen molar-refractivity contribution < 1.29 is 0 Å². The van der Waals surface area contributed by atoms with Gasteiger partial charge in [0, 0.05) is 19.3 Å². The van der Waals surface area contributed by atoms with Crippen LogP contribution in [0.15, 0.2) is 12.8 Å². The van der Waals surface area contributed by atoms with Crippen LogP contribution in [-0.2, 0) is 0 Å². The van der Waals surface area contributed by atoms with Crippen molar-refractivity contribution in [2.45, 2.75) is 19.9 Å². The lowest BCUT2D eigenvalue weighted by Crippen LogP contribution is -2.35. The van der Waals surface area contributed by atoms with Crippen molar-refractivity contribution in [2.75, 3.05) is 7.05 Å². The molecule has 2 heteroatoms. The minimum atomic E-state index is 0.484. The molecule has 0 aromatic rings. The first-order valence-electron chi connectivity index (χ1n) is 2.80. The van der Waals surface area contributed by atoms with Crippen LogP contribution in [0.5, 0.6) is 0 Å². The fourth-order valence-corrected chi connectivity index (χ4v) is 0.560. The third kappa shape index (κ3) is 1.98. The van der Waals surface area contributed by atoms with E-state index in [0.717, 1.165) is 0 Å². The summed E-state index contributed by atoms with van der Waals surface area (Å²) in [6.45, 7) is 7.81. The van der Waals surface area contributed by atoms with Crippen LogP contribution in [0.4, 0.5) is 0 Å². The molecule has 8 heavy (non-hydrogen) atoms. The summed E-state index contributed by atoms with van der Waals surface area (Å²) in [6, 6.07) is 0.484. The maximum atomic E-state index is 3.62. The van der Waals surface area contributed by atoms with E-state index in [-0.39, 0.29) is 0 Å². The van der Waals surface area contributed by atoms with Gasteiger partial charge in [-0.2, -0.15) is 0 Å². The van der Waals surface area contributed by atoms with Gasteiger partial charge in [-0.25, -0.2) is 5.43 Å². The summed E-state index contributed by atoms with van der Waals surface area (Å²) >= 11 is 0. The minimum absolute atomic E-state index is 0.484. The molecule has 0 unspecified atom stereocenters. The van der Waals surface area contributed by atoms with E-state index < -0.39 is 0 Å². The molecule has 0 spiro atoms. The Balaban J connectivity index is 3.51. The first-order chi connectivity index (χ1) is 3.72. The van der Waals surface area contributed by atoms with Crippen molar-refractivity contribution >= 4 is 0 Å². The largest absolute Gasteiger partial charge is 0.314 e. The van der Waals surface area contributed by atoms with Crippen LogP contribution in [0.1, 0.15) is 13.8 Å². The third-order valence-corrected chi connectivity index (χ3v) is 1.01. The Morgan fingerprint density at radius 1 is 1.62 bits per heavy atom. The predicted octanol–water partition coefficient (Wildman–Crippen LogP) is 0.975. The summed E-state index contributed by atoms with van der Waals surface area (Å²) in [5.41, 5.74) is 2.97. The molecule has 0 radical (unpaired) electrons. The monoisotopic (exact) mass is 114 g/mol. The van der Waals surface area contributed by atoms with Crippen LogP contribution < -0.4 is 5.43 Å². The van der Waals surface area contributed by atoms with Crippen molar-refractivity contribution in [3.63, 3.8) is 0 Å². The van der Waals surface area contributed by atoms with Crippen LogP contribution >= 0.6 is 0 Å². The van der Waals surface area contributed by atoms with Gasteiger partial charge in [0.1, 0.15) is 0 Å². The number of hydrogen-bond acceptors (Lipinski definition) is 2. The normalized spacial score (nSPS) is 9.50. The molecule has 0 atom stereocenters. The molecule has 0 amide bonds. The Morgan fingerprint density at radius 3 is 2.12 bits per heavy atom. The van der Waals surface area contributed by atoms with E-state index in [9.17, 15) is 0 Å². The van der Waals surface area contributed by atoms with E-state index in [1.807, 2.05) is 12.1 Å². The molecule has 0 bridgehead atoms. The first kappa shape index (κ1) is 7.50. The van der Waals surface area contributed by atoms with Gasteiger partial charge >= 0.3 is 0 Å². The number of rotatable bonds is 3. The highest BCUT2D eigenvalue weighted by Crippen LogP contribution is 1.90. The Hall–Kier alpha value is -0.500. The zero-order chi connectivity index (χ0) is 6.57. The molecular weight excluding hydrogens is 100 g/mol. The standard InChI is InChI=1S/C6H14N2/c1-5-8(7-4)6(2)3/h5-7H,1H2,2-4H3. The molecule has 0 fully saturated rings. The zero-order valence-corrected chi connectivity index (χ0v) is 5.81. The highest BCUT2D eigenvalue weighted by Gasteiger charge is 1.96. The van der Waals surface area contributed by atoms with Crippen molar-refractivity contribution in [2.24, 2.45) is 0 Å². The van der Waals surface area contributed by atoms with E-state index in [4.69, 9.17) is 0 Å². The minimum Gasteiger partial charge on any atom is -0.314 e. The molecule has 0 aliphatic rings. The van der Waals surface area contributed by atoms with Crippen LogP contribution in [0, 0.1) is 0 Å². The van der Waals surface area contributed by atoms with Gasteiger partial charge in [0.05, 0.1) is 0 Å². The summed E-state index contributed by atoms with van der Waals surface area (Å²) in [6.07, 6.45) is 1.77. The van der Waals surface area contributed by atoms with Crippen molar-refractivity contribution in [1.29, 1.82) is 0 Å². The lowest BCUT2D eigenvalue weighted by atomic mass is 10.4. The van der Waals surface area contributed by atoms with Crippen LogP contribution in [0.25, 0.3) is 0 Å². The molecule has 0 heterocycles. The zero-order valence-electron chi connectivity index (χ0n) is 5.81. The number of hydrazine groups is 1. The third-order valence-electron chi connectivity index (χ3n) is 1.01. The number of nitrogens with zero attached hydrogens (tertiary/aromatic N) is 1. The lowest BCUT2D eigenvalue weighted by molar-refractivity contribution is 0.243. The molecular formula is C6H14N2. The molecule has 1 N–H and O–H groups in total. The predicted molar refractivity (Wildman–Crippen MR) is 36.2 cm³/mol. The van der Waals surface area contributed by atoms with Crippen molar-refractivity contribution in [1.82, 2.24) is 10.4 Å². The highest BCUT2D eigenvalue weighted by atomic mass is 15.5. The SMILES string of the molecule is C=CN(NC)C(C)C. The molecule has 2 nitrogen and oxygen atoms in total. The van der Waals surface area contributed by atoms with Gasteiger partial charge in [-0.1, -0.05) is 6.58 Å². The summed E-state index contributed by atoms with van der Waals surface area (Å²) in [4.78, 5) is 0. The van der Waals surface area contributed by atoms with Gasteiger partial charge in [0.15, 0.2) is 0 Å². The average Bonchev–Trinajstić information content (AvgIpc) is 1.69. The Morgan fingerprint density at radius 2 is 2.12 bits per heavy atom. The summed E-state index contributed by atoms with van der Waals surface area (Å²) in [5.74, 6) is 0. The van der Waals surface area contributed by atoms with E-state index in [1.165, 1.54) is 0 Å². The van der Waals surface area contributed by atoms with Crippen LogP contribution in [0.2, 0.25) is 0 Å². The average molecular weight is 114 g/mol. The molecule has 0 aromatic carbocycles. The molecule has 48 valence electrons. The summed E-state index contributed by atoms with van der Waals surface area (Å²) in [7, 11) is 1.88. The van der Waals surface area contributed by atoms with Gasteiger partial charge in [-0.05, 0) is 13.8 Å². The summed E-state index contributed by atoms with van der Waals surface area (Å²) in [5, 5.41) is 1.93. The van der Waals surface area contributed by atoms with Gasteiger partial charge in [0.25, 0.3) is 0 Å². The fraction of sp³-hybridized carbons (Fsp3) is 0.667. The molecule has 0 rings (SSSR count). The maximum Gasteiger partial charge on any atom is 0.0391 e. The van der Waals surface area contributed by atoms with Crippen LogP contribution in [-0.4, -0.2) is 18.1 Å². The van der Waals surface area contributed by atoms with Gasteiger partial charge < -0.3 is 5.01 Å². The highest BCUT2D eigenvalue weighted by molar-refractivity contribution is 4.68. The van der Waals surface area contributed by atoms with E-state index in [0.29, 0.717) is 6.04 Å². The van der Waals surface area contributed by atoms with E-state index >= 15 is 0 Å². The number of nitrogens with one attached hydrogen (secondary N) is 1. The summed E-state index contributed by atoms with van der Waals surface area (Å²) < 4.78 is 0. The molecule has 0 saturated heterocycles. The van der Waals surface area contributed by atoms with Crippen LogP contribution in [0.3, 0.4) is 0 Å².